The predicted molar refractivity (Wildman–Crippen MR) is 278 cm³/mol. The highest BCUT2D eigenvalue weighted by Gasteiger charge is 2.51. The first kappa shape index (κ1) is 39.8. The Hall–Kier alpha value is -8.57. The van der Waals surface area contributed by atoms with E-state index in [2.05, 4.69) is 265 Å². The molecule has 2 aliphatic heterocycles. The van der Waals surface area contributed by atoms with Gasteiger partial charge in [0.2, 0.25) is 0 Å². The smallest absolute Gasteiger partial charge is 0.125 e. The Morgan fingerprint density at radius 1 is 0.368 bits per heavy atom. The van der Waals surface area contributed by atoms with Gasteiger partial charge in [0.25, 0.3) is 0 Å². The maximum absolute atomic E-state index is 5.40. The number of rotatable bonds is 7. The SMILES string of the molecule is c1ccc(-c2cccc(C3N=C(c4ccc(-c5ccc6c(c5)C5(c7ccccc7-6)c6ccccc6N(c6ccccc6)c6ccccc65)cc4)[N-]C(c4cccc(-c5ccccc5)c4)[NH2+]3)c2)cc1. The molecule has 1 spiro atoms. The van der Waals surface area contributed by atoms with Crippen molar-refractivity contribution in [1.29, 1.82) is 0 Å². The van der Waals surface area contributed by atoms with Gasteiger partial charge in [0, 0.05) is 16.8 Å². The van der Waals surface area contributed by atoms with E-state index in [1.54, 1.807) is 0 Å². The van der Waals surface area contributed by atoms with Crippen molar-refractivity contribution in [3.63, 3.8) is 0 Å². The van der Waals surface area contributed by atoms with Gasteiger partial charge in [-0.25, -0.2) is 0 Å². The normalized spacial score (nSPS) is 16.2. The summed E-state index contributed by atoms with van der Waals surface area (Å²) >= 11 is 0. The van der Waals surface area contributed by atoms with Crippen LogP contribution in [0.2, 0.25) is 0 Å². The Kier molecular flexibility index (Phi) is 9.59. The lowest BCUT2D eigenvalue weighted by Gasteiger charge is -2.45. The summed E-state index contributed by atoms with van der Waals surface area (Å²) in [6.45, 7) is 0. The van der Waals surface area contributed by atoms with Gasteiger partial charge in [-0.3, -0.25) is 0 Å². The minimum absolute atomic E-state index is 0.190. The Labute approximate surface area is 397 Å². The zero-order valence-corrected chi connectivity index (χ0v) is 37.3. The van der Waals surface area contributed by atoms with Gasteiger partial charge in [-0.05, 0) is 121 Å². The topological polar surface area (TPSA) is 46.3 Å². The van der Waals surface area contributed by atoms with E-state index in [9.17, 15) is 0 Å². The fourth-order valence-electron chi connectivity index (χ4n) is 11.1. The van der Waals surface area contributed by atoms with E-state index >= 15 is 0 Å². The molecule has 4 nitrogen and oxygen atoms in total. The van der Waals surface area contributed by atoms with Crippen LogP contribution in [0.1, 0.15) is 51.3 Å². The number of hydrogen-bond donors (Lipinski definition) is 1. The van der Waals surface area contributed by atoms with Gasteiger partial charge in [-0.15, -0.1) is 0 Å². The lowest BCUT2D eigenvalue weighted by molar-refractivity contribution is -0.727. The number of fused-ring (bicyclic) bond motifs is 9. The molecule has 10 aromatic carbocycles. The second kappa shape index (κ2) is 16.4. The molecule has 3 aliphatic rings. The van der Waals surface area contributed by atoms with Gasteiger partial charge in [-0.1, -0.05) is 212 Å². The first-order valence-electron chi connectivity index (χ1n) is 23.5. The van der Waals surface area contributed by atoms with Crippen molar-refractivity contribution in [3.05, 3.63) is 299 Å². The summed E-state index contributed by atoms with van der Waals surface area (Å²) in [6, 6.07) is 92.6. The number of aliphatic imine (C=N–C) groups is 1. The number of nitrogens with zero attached hydrogens (tertiary/aromatic N) is 3. The molecule has 68 heavy (non-hydrogen) atoms. The van der Waals surface area contributed by atoms with Gasteiger partial charge in [-0.2, -0.15) is 0 Å². The summed E-state index contributed by atoms with van der Waals surface area (Å²) in [6.07, 6.45) is -0.380. The van der Waals surface area contributed by atoms with E-state index in [1.807, 2.05) is 0 Å². The lowest BCUT2D eigenvalue weighted by atomic mass is 9.64. The fourth-order valence-corrected chi connectivity index (χ4v) is 11.1. The van der Waals surface area contributed by atoms with Crippen LogP contribution in [0.4, 0.5) is 17.1 Å². The number of benzene rings is 10. The van der Waals surface area contributed by atoms with Crippen molar-refractivity contribution in [1.82, 2.24) is 0 Å². The maximum Gasteiger partial charge on any atom is 0.125 e. The Morgan fingerprint density at radius 2 is 0.838 bits per heavy atom. The monoisotopic (exact) mass is 870 g/mol. The zero-order valence-electron chi connectivity index (χ0n) is 37.3. The Morgan fingerprint density at radius 3 is 1.50 bits per heavy atom. The molecule has 13 rings (SSSR count). The third kappa shape index (κ3) is 6.52. The number of amidine groups is 1. The summed E-state index contributed by atoms with van der Waals surface area (Å²) < 4.78 is 0. The average Bonchev–Trinajstić information content (AvgIpc) is 3.71. The summed E-state index contributed by atoms with van der Waals surface area (Å²) in [5, 5.41) is 7.70. The van der Waals surface area contributed by atoms with E-state index in [1.165, 1.54) is 72.6 Å². The van der Waals surface area contributed by atoms with E-state index in [0.29, 0.717) is 0 Å². The summed E-state index contributed by atoms with van der Waals surface area (Å²) in [5.74, 6) is 0.756. The fraction of sp³-hybridized carbons (Fsp3) is 0.0469. The third-order valence-electron chi connectivity index (χ3n) is 14.2. The standard InChI is InChI=1S/C64H45N4/c1-4-18-43(19-5-1)47-22-16-24-50(40-47)62-65-61(66-63(67-62)51-25-17-23-48(41-51)44-20-6-2-7-21-44)46-36-34-45(35-37-46)49-38-39-54-53-28-10-11-29-55(53)64(58(54)42-49)56-30-12-14-32-59(56)68(52-26-8-3-9-27-52)60-33-15-13-31-57(60)64/h1-42,62-63,67H/q-1/p+1. The van der Waals surface area contributed by atoms with Crippen LogP contribution in [0, 0.1) is 0 Å². The second-order valence-corrected chi connectivity index (χ2v) is 18.0. The summed E-state index contributed by atoms with van der Waals surface area (Å²) in [5.41, 5.74) is 21.1. The first-order valence-corrected chi connectivity index (χ1v) is 23.5. The molecule has 1 aliphatic carbocycles. The molecule has 10 aromatic rings. The molecule has 4 heteroatoms. The Bertz CT molecular complexity index is 3480. The van der Waals surface area contributed by atoms with Crippen LogP contribution in [-0.2, 0) is 5.41 Å². The molecule has 2 heterocycles. The molecule has 0 saturated carbocycles. The molecule has 322 valence electrons. The molecular formula is C64H46N4. The van der Waals surface area contributed by atoms with Crippen molar-refractivity contribution >= 4 is 22.9 Å². The molecule has 0 aromatic heterocycles. The number of hydrogen-bond acceptors (Lipinski definition) is 2. The maximum atomic E-state index is 5.40. The van der Waals surface area contributed by atoms with Gasteiger partial charge in [0.1, 0.15) is 12.3 Å². The minimum Gasteiger partial charge on any atom is -0.408 e. The molecular weight excluding hydrogens is 825 g/mol. The molecule has 0 amide bonds. The van der Waals surface area contributed by atoms with Crippen molar-refractivity contribution in [3.8, 4) is 44.5 Å². The molecule has 2 N–H and O–H groups in total. The summed E-state index contributed by atoms with van der Waals surface area (Å²) in [4.78, 5) is 7.84. The van der Waals surface area contributed by atoms with Crippen LogP contribution >= 0.6 is 0 Å². The molecule has 2 atom stereocenters. The van der Waals surface area contributed by atoms with Crippen molar-refractivity contribution in [2.45, 2.75) is 17.7 Å². The number of anilines is 3. The van der Waals surface area contributed by atoms with Crippen molar-refractivity contribution in [2.24, 2.45) is 4.99 Å². The number of quaternary nitrogens is 1. The highest BCUT2D eigenvalue weighted by atomic mass is 15.3. The minimum atomic E-state index is -0.522. The van der Waals surface area contributed by atoms with Crippen LogP contribution in [0.25, 0.3) is 49.8 Å². The van der Waals surface area contributed by atoms with Gasteiger partial charge in [0.05, 0.1) is 16.8 Å². The highest BCUT2D eigenvalue weighted by molar-refractivity contribution is 6.09. The number of nitrogens with two attached hydrogens (primary N) is 1. The van der Waals surface area contributed by atoms with Gasteiger partial charge in [0.15, 0.2) is 0 Å². The van der Waals surface area contributed by atoms with Crippen LogP contribution < -0.4 is 10.2 Å². The van der Waals surface area contributed by atoms with Crippen molar-refractivity contribution in [2.75, 3.05) is 4.90 Å². The van der Waals surface area contributed by atoms with E-state index in [0.717, 1.165) is 33.8 Å². The zero-order chi connectivity index (χ0) is 45.0. The Balaban J connectivity index is 0.905. The van der Waals surface area contributed by atoms with Crippen molar-refractivity contribution < 1.29 is 5.32 Å². The summed E-state index contributed by atoms with van der Waals surface area (Å²) in [7, 11) is 0. The van der Waals surface area contributed by atoms with E-state index < -0.39 is 5.41 Å². The molecule has 0 radical (unpaired) electrons. The van der Waals surface area contributed by atoms with Crippen LogP contribution in [0.15, 0.2) is 260 Å². The molecule has 2 unspecified atom stereocenters. The largest absolute Gasteiger partial charge is 0.408 e. The molecule has 0 bridgehead atoms. The number of para-hydroxylation sites is 3. The highest BCUT2D eigenvalue weighted by Crippen LogP contribution is 2.63. The molecule has 0 fully saturated rings. The van der Waals surface area contributed by atoms with Crippen LogP contribution in [0.3, 0.4) is 0 Å². The first-order chi connectivity index (χ1) is 33.7. The predicted octanol–water partition coefficient (Wildman–Crippen LogP) is 14.9. The second-order valence-electron chi connectivity index (χ2n) is 18.0. The lowest BCUT2D eigenvalue weighted by Crippen LogP contribution is -2.87. The van der Waals surface area contributed by atoms with E-state index in [-0.39, 0.29) is 12.3 Å². The van der Waals surface area contributed by atoms with E-state index in [4.69, 9.17) is 10.3 Å². The third-order valence-corrected chi connectivity index (χ3v) is 14.2. The quantitative estimate of drug-likeness (QED) is 0.170. The van der Waals surface area contributed by atoms with Gasteiger partial charge >= 0.3 is 0 Å². The van der Waals surface area contributed by atoms with Gasteiger partial charge < -0.3 is 20.5 Å². The van der Waals surface area contributed by atoms with Crippen LogP contribution in [-0.4, -0.2) is 5.84 Å². The average molecular weight is 871 g/mol. The molecule has 0 saturated heterocycles. The van der Waals surface area contributed by atoms with Crippen LogP contribution in [0.5, 0.6) is 0 Å².